The van der Waals surface area contributed by atoms with Crippen LogP contribution < -0.4 is 5.32 Å². The first-order valence-corrected chi connectivity index (χ1v) is 7.66. The fourth-order valence-corrected chi connectivity index (χ4v) is 3.85. The van der Waals surface area contributed by atoms with Crippen molar-refractivity contribution < 1.29 is 17.6 Å². The van der Waals surface area contributed by atoms with Crippen LogP contribution in [0.1, 0.15) is 19.6 Å². The van der Waals surface area contributed by atoms with E-state index in [1.54, 1.807) is 13.1 Å². The summed E-state index contributed by atoms with van der Waals surface area (Å²) in [5.41, 5.74) is -0.562. The summed E-state index contributed by atoms with van der Waals surface area (Å²) in [4.78, 5) is 0. The van der Waals surface area contributed by atoms with Crippen LogP contribution in [0.2, 0.25) is 0 Å². The SMILES string of the molecule is CNCc1ccc(S(=O)(=O)N2CCOCC2(C)C)o1. The lowest BCUT2D eigenvalue weighted by Gasteiger charge is -2.40. The molecule has 1 N–H and O–H groups in total. The molecule has 0 radical (unpaired) electrons. The number of ether oxygens (including phenoxy) is 1. The van der Waals surface area contributed by atoms with E-state index in [2.05, 4.69) is 5.32 Å². The first-order valence-electron chi connectivity index (χ1n) is 6.22. The van der Waals surface area contributed by atoms with Crippen molar-refractivity contribution in [2.24, 2.45) is 0 Å². The minimum absolute atomic E-state index is 0.00674. The Morgan fingerprint density at radius 3 is 2.79 bits per heavy atom. The van der Waals surface area contributed by atoms with E-state index >= 15 is 0 Å². The summed E-state index contributed by atoms with van der Waals surface area (Å²) in [5.74, 6) is 0.604. The maximum atomic E-state index is 12.6. The van der Waals surface area contributed by atoms with Crippen molar-refractivity contribution in [2.75, 3.05) is 26.8 Å². The lowest BCUT2D eigenvalue weighted by atomic mass is 10.1. The van der Waals surface area contributed by atoms with E-state index in [-0.39, 0.29) is 5.09 Å². The Kier molecular flexibility index (Phi) is 4.00. The number of hydrogen-bond acceptors (Lipinski definition) is 5. The molecular weight excluding hydrogens is 268 g/mol. The lowest BCUT2D eigenvalue weighted by Crippen LogP contribution is -2.55. The van der Waals surface area contributed by atoms with E-state index < -0.39 is 15.6 Å². The van der Waals surface area contributed by atoms with Crippen LogP contribution in [-0.2, 0) is 21.3 Å². The summed E-state index contributed by atoms with van der Waals surface area (Å²) in [6.45, 7) is 5.34. The molecule has 19 heavy (non-hydrogen) atoms. The highest BCUT2D eigenvalue weighted by Crippen LogP contribution is 2.28. The van der Waals surface area contributed by atoms with Crippen LogP contribution in [-0.4, -0.2) is 45.1 Å². The van der Waals surface area contributed by atoms with Crippen LogP contribution in [0.3, 0.4) is 0 Å². The third-order valence-corrected chi connectivity index (χ3v) is 5.09. The molecule has 7 heteroatoms. The van der Waals surface area contributed by atoms with Gasteiger partial charge < -0.3 is 14.5 Å². The van der Waals surface area contributed by atoms with Gasteiger partial charge in [-0.1, -0.05) is 0 Å². The van der Waals surface area contributed by atoms with Crippen LogP contribution in [0.25, 0.3) is 0 Å². The molecule has 2 rings (SSSR count). The van der Waals surface area contributed by atoms with Gasteiger partial charge in [0.15, 0.2) is 0 Å². The Hall–Kier alpha value is -0.890. The second-order valence-corrected chi connectivity index (χ2v) is 6.99. The lowest BCUT2D eigenvalue weighted by molar-refractivity contribution is -0.00833. The van der Waals surface area contributed by atoms with Gasteiger partial charge in [0.05, 0.1) is 25.3 Å². The molecule has 1 aliphatic heterocycles. The molecule has 1 aliphatic rings. The normalized spacial score (nSPS) is 20.6. The molecular formula is C12H20N2O4S. The molecule has 0 amide bonds. The Bertz CT molecular complexity index is 536. The van der Waals surface area contributed by atoms with Crippen molar-refractivity contribution in [2.45, 2.75) is 31.0 Å². The van der Waals surface area contributed by atoms with Crippen molar-refractivity contribution in [3.05, 3.63) is 17.9 Å². The maximum Gasteiger partial charge on any atom is 0.277 e. The van der Waals surface area contributed by atoms with Gasteiger partial charge in [-0.05, 0) is 33.0 Å². The molecule has 0 bridgehead atoms. The summed E-state index contributed by atoms with van der Waals surface area (Å²) in [5, 5.41) is 2.92. The quantitative estimate of drug-likeness (QED) is 0.887. The number of sulfonamides is 1. The molecule has 0 aromatic carbocycles. The standard InChI is InChI=1S/C12H20N2O4S/c1-12(2)9-17-7-6-14(12)19(15,16)11-5-4-10(18-11)8-13-3/h4-5,13H,6-9H2,1-3H3. The topological polar surface area (TPSA) is 71.8 Å². The zero-order valence-corrected chi connectivity index (χ0v) is 12.3. The minimum atomic E-state index is -3.61. The largest absolute Gasteiger partial charge is 0.447 e. The Balaban J connectivity index is 2.30. The zero-order chi connectivity index (χ0) is 14.1. The zero-order valence-electron chi connectivity index (χ0n) is 11.5. The first-order chi connectivity index (χ1) is 8.88. The number of nitrogens with zero attached hydrogens (tertiary/aromatic N) is 1. The minimum Gasteiger partial charge on any atom is -0.447 e. The third kappa shape index (κ3) is 2.84. The van der Waals surface area contributed by atoms with Gasteiger partial charge in [0.2, 0.25) is 5.09 Å². The molecule has 1 aromatic heterocycles. The molecule has 0 spiro atoms. The van der Waals surface area contributed by atoms with Crippen molar-refractivity contribution in [3.63, 3.8) is 0 Å². The monoisotopic (exact) mass is 288 g/mol. The Morgan fingerprint density at radius 1 is 1.42 bits per heavy atom. The fourth-order valence-electron chi connectivity index (χ4n) is 2.16. The summed E-state index contributed by atoms with van der Waals surface area (Å²) in [6, 6.07) is 3.18. The van der Waals surface area contributed by atoms with Gasteiger partial charge in [0, 0.05) is 6.54 Å². The smallest absolute Gasteiger partial charge is 0.277 e. The van der Waals surface area contributed by atoms with E-state index in [0.717, 1.165) is 0 Å². The van der Waals surface area contributed by atoms with Crippen LogP contribution in [0.4, 0.5) is 0 Å². The second kappa shape index (κ2) is 5.24. The molecule has 0 unspecified atom stereocenters. The number of nitrogens with one attached hydrogen (secondary N) is 1. The predicted molar refractivity (Wildman–Crippen MR) is 70.3 cm³/mol. The van der Waals surface area contributed by atoms with Crippen LogP contribution >= 0.6 is 0 Å². The van der Waals surface area contributed by atoms with Gasteiger partial charge in [-0.15, -0.1) is 0 Å². The average Bonchev–Trinajstić information content (AvgIpc) is 2.78. The fraction of sp³-hybridized carbons (Fsp3) is 0.667. The van der Waals surface area contributed by atoms with Crippen LogP contribution in [0.5, 0.6) is 0 Å². The summed E-state index contributed by atoms with van der Waals surface area (Å²) in [7, 11) is -1.83. The number of hydrogen-bond donors (Lipinski definition) is 1. The van der Waals surface area contributed by atoms with Crippen molar-refractivity contribution in [1.82, 2.24) is 9.62 Å². The number of rotatable bonds is 4. The average molecular weight is 288 g/mol. The predicted octanol–water partition coefficient (Wildman–Crippen LogP) is 0.798. The summed E-state index contributed by atoms with van der Waals surface area (Å²) < 4.78 is 37.3. The van der Waals surface area contributed by atoms with E-state index in [1.165, 1.54) is 10.4 Å². The van der Waals surface area contributed by atoms with E-state index in [1.807, 2.05) is 13.8 Å². The highest BCUT2D eigenvalue weighted by atomic mass is 32.2. The van der Waals surface area contributed by atoms with Gasteiger partial charge in [0.1, 0.15) is 5.76 Å². The maximum absolute atomic E-state index is 12.6. The molecule has 1 saturated heterocycles. The second-order valence-electron chi connectivity index (χ2n) is 5.19. The molecule has 0 atom stereocenters. The van der Waals surface area contributed by atoms with Crippen molar-refractivity contribution in [1.29, 1.82) is 0 Å². The van der Waals surface area contributed by atoms with E-state index in [4.69, 9.17) is 9.15 Å². The van der Waals surface area contributed by atoms with Crippen LogP contribution in [0.15, 0.2) is 21.6 Å². The summed E-state index contributed by atoms with van der Waals surface area (Å²) >= 11 is 0. The van der Waals surface area contributed by atoms with Gasteiger partial charge in [-0.25, -0.2) is 8.42 Å². The van der Waals surface area contributed by atoms with Gasteiger partial charge >= 0.3 is 0 Å². The number of morpholine rings is 1. The third-order valence-electron chi connectivity index (χ3n) is 3.10. The van der Waals surface area contributed by atoms with Crippen LogP contribution in [0, 0.1) is 0 Å². The van der Waals surface area contributed by atoms with E-state index in [0.29, 0.717) is 32.1 Å². The number of furan rings is 1. The van der Waals surface area contributed by atoms with Gasteiger partial charge in [-0.2, -0.15) is 4.31 Å². The summed E-state index contributed by atoms with van der Waals surface area (Å²) in [6.07, 6.45) is 0. The highest BCUT2D eigenvalue weighted by Gasteiger charge is 2.41. The van der Waals surface area contributed by atoms with Gasteiger partial charge in [0.25, 0.3) is 10.0 Å². The van der Waals surface area contributed by atoms with Crippen molar-refractivity contribution in [3.8, 4) is 0 Å². The van der Waals surface area contributed by atoms with E-state index in [9.17, 15) is 8.42 Å². The molecule has 2 heterocycles. The molecule has 108 valence electrons. The first kappa shape index (κ1) is 14.5. The molecule has 1 fully saturated rings. The Labute approximate surface area is 113 Å². The highest BCUT2D eigenvalue weighted by molar-refractivity contribution is 7.89. The molecule has 0 saturated carbocycles. The molecule has 1 aromatic rings. The Morgan fingerprint density at radius 2 is 2.16 bits per heavy atom. The van der Waals surface area contributed by atoms with Gasteiger partial charge in [-0.3, -0.25) is 0 Å². The molecule has 6 nitrogen and oxygen atoms in total. The van der Waals surface area contributed by atoms with Crippen molar-refractivity contribution >= 4 is 10.0 Å². The molecule has 0 aliphatic carbocycles.